The number of anilines is 3. The van der Waals surface area contributed by atoms with Crippen molar-refractivity contribution in [3.63, 3.8) is 0 Å². The number of thiophene rings is 1. The summed E-state index contributed by atoms with van der Waals surface area (Å²) in [6.07, 6.45) is 0. The van der Waals surface area contributed by atoms with Crippen LogP contribution >= 0.6 is 11.3 Å². The zero-order valence-electron chi connectivity index (χ0n) is 32.9. The van der Waals surface area contributed by atoms with E-state index >= 15 is 0 Å². The molecule has 11 aromatic rings. The fourth-order valence-electron chi connectivity index (χ4n) is 9.93. The third kappa shape index (κ3) is 5.23. The van der Waals surface area contributed by atoms with Gasteiger partial charge in [-0.15, -0.1) is 11.3 Å². The lowest BCUT2D eigenvalue weighted by molar-refractivity contribution is 0.661. The van der Waals surface area contributed by atoms with Crippen molar-refractivity contribution >= 4 is 80.9 Å². The van der Waals surface area contributed by atoms with Crippen molar-refractivity contribution in [2.45, 2.75) is 19.3 Å². The van der Waals surface area contributed by atoms with Gasteiger partial charge in [-0.05, 0) is 120 Å². The van der Waals surface area contributed by atoms with Crippen molar-refractivity contribution in [2.75, 3.05) is 4.90 Å². The fourth-order valence-corrected chi connectivity index (χ4v) is 11.0. The standard InChI is InChI=1S/C57H39NS/c1-57(2)49-22-12-23-51(56(49)48-34-39-15-3-4-16-40(39)35-50(48)57)58(42-29-25-36(26-30-42)41-28-32-54-47(33-41)45-20-9-10-24-53(45)59-54)52-31-27-38-14-6-8-19-44(38)55(52)46-21-11-17-37-13-5-7-18-43(37)46/h3-35H,1-2H3. The van der Waals surface area contributed by atoms with Gasteiger partial charge in [0.1, 0.15) is 0 Å². The molecule has 1 aromatic heterocycles. The summed E-state index contributed by atoms with van der Waals surface area (Å²) in [6.45, 7) is 4.78. The smallest absolute Gasteiger partial charge is 0.0546 e. The van der Waals surface area contributed by atoms with Crippen molar-refractivity contribution in [3.05, 3.63) is 211 Å². The van der Waals surface area contributed by atoms with Crippen LogP contribution in [0.2, 0.25) is 0 Å². The first-order valence-corrected chi connectivity index (χ1v) is 21.3. The van der Waals surface area contributed by atoms with Gasteiger partial charge in [-0.2, -0.15) is 0 Å². The van der Waals surface area contributed by atoms with Gasteiger partial charge >= 0.3 is 0 Å². The van der Waals surface area contributed by atoms with E-state index in [2.05, 4.69) is 219 Å². The van der Waals surface area contributed by atoms with Crippen molar-refractivity contribution in [3.8, 4) is 33.4 Å². The summed E-state index contributed by atoms with van der Waals surface area (Å²) in [5.74, 6) is 0. The largest absolute Gasteiger partial charge is 0.309 e. The monoisotopic (exact) mass is 769 g/mol. The maximum absolute atomic E-state index is 2.54. The van der Waals surface area contributed by atoms with E-state index in [-0.39, 0.29) is 5.41 Å². The predicted molar refractivity (Wildman–Crippen MR) is 255 cm³/mol. The molecule has 1 nitrogen and oxygen atoms in total. The summed E-state index contributed by atoms with van der Waals surface area (Å²) in [5.41, 5.74) is 13.5. The maximum atomic E-state index is 2.54. The zero-order valence-corrected chi connectivity index (χ0v) is 33.7. The van der Waals surface area contributed by atoms with Crippen molar-refractivity contribution < 1.29 is 0 Å². The molecule has 0 unspecified atom stereocenters. The molecule has 0 aliphatic heterocycles. The first kappa shape index (κ1) is 34.1. The number of hydrogen-bond donors (Lipinski definition) is 0. The normalized spacial score (nSPS) is 13.1. The molecule has 0 radical (unpaired) electrons. The van der Waals surface area contributed by atoms with Crippen molar-refractivity contribution in [2.24, 2.45) is 0 Å². The van der Waals surface area contributed by atoms with Crippen LogP contribution in [-0.2, 0) is 5.41 Å². The van der Waals surface area contributed by atoms with Crippen LogP contribution in [0.15, 0.2) is 200 Å². The average molecular weight is 770 g/mol. The summed E-state index contributed by atoms with van der Waals surface area (Å²) in [5, 5.41) is 10.1. The van der Waals surface area contributed by atoms with Crippen molar-refractivity contribution in [1.29, 1.82) is 0 Å². The highest BCUT2D eigenvalue weighted by Crippen LogP contribution is 2.56. The van der Waals surface area contributed by atoms with E-state index in [9.17, 15) is 0 Å². The topological polar surface area (TPSA) is 3.24 Å². The van der Waals surface area contributed by atoms with Gasteiger partial charge in [0.25, 0.3) is 0 Å². The van der Waals surface area contributed by atoms with Crippen LogP contribution in [0.5, 0.6) is 0 Å². The van der Waals surface area contributed by atoms with E-state index in [0.717, 1.165) is 11.4 Å². The van der Waals surface area contributed by atoms with Crippen LogP contribution in [0.25, 0.3) is 85.9 Å². The molecule has 1 aliphatic rings. The van der Waals surface area contributed by atoms with E-state index in [1.165, 1.54) is 103 Å². The van der Waals surface area contributed by atoms with Gasteiger partial charge in [-0.3, -0.25) is 0 Å². The van der Waals surface area contributed by atoms with Gasteiger partial charge in [-0.1, -0.05) is 159 Å². The summed E-state index contributed by atoms with van der Waals surface area (Å²) in [6, 6.07) is 74.6. The summed E-state index contributed by atoms with van der Waals surface area (Å²) in [7, 11) is 0. The minimum Gasteiger partial charge on any atom is -0.309 e. The Balaban J connectivity index is 1.13. The van der Waals surface area contributed by atoms with Gasteiger partial charge in [0.05, 0.1) is 11.4 Å². The van der Waals surface area contributed by atoms with Gasteiger partial charge in [0, 0.05) is 42.4 Å². The second kappa shape index (κ2) is 13.0. The Kier molecular flexibility index (Phi) is 7.51. The minimum atomic E-state index is -0.174. The van der Waals surface area contributed by atoms with Crippen LogP contribution < -0.4 is 4.90 Å². The Hall–Kier alpha value is -7.00. The van der Waals surface area contributed by atoms with E-state index in [1.807, 2.05) is 11.3 Å². The van der Waals surface area contributed by atoms with Crippen LogP contribution in [0.3, 0.4) is 0 Å². The molecular formula is C57H39NS. The average Bonchev–Trinajstić information content (AvgIpc) is 3.77. The second-order valence-electron chi connectivity index (χ2n) is 16.5. The SMILES string of the molecule is CC1(C)c2cc3ccccc3cc2-c2c(N(c3ccc(-c4ccc5sc6ccccc6c5c4)cc3)c3ccc4ccccc4c3-c3cccc4ccccc34)cccc21. The molecule has 0 atom stereocenters. The first-order valence-electron chi connectivity index (χ1n) is 20.5. The van der Waals surface area contributed by atoms with Gasteiger partial charge in [0.2, 0.25) is 0 Å². The van der Waals surface area contributed by atoms with E-state index < -0.39 is 0 Å². The molecule has 0 bridgehead atoms. The highest BCUT2D eigenvalue weighted by molar-refractivity contribution is 7.25. The van der Waals surface area contributed by atoms with Crippen LogP contribution in [0.1, 0.15) is 25.0 Å². The van der Waals surface area contributed by atoms with Crippen LogP contribution in [0.4, 0.5) is 17.1 Å². The Morgan fingerprint density at radius 2 is 0.983 bits per heavy atom. The lowest BCUT2D eigenvalue weighted by atomic mass is 9.82. The molecule has 59 heavy (non-hydrogen) atoms. The Labute approximate surface area is 348 Å². The lowest BCUT2D eigenvalue weighted by Gasteiger charge is -2.31. The summed E-state index contributed by atoms with van der Waals surface area (Å²) >= 11 is 1.87. The molecule has 0 fully saturated rings. The fraction of sp³-hybridized carbons (Fsp3) is 0.0526. The predicted octanol–water partition coefficient (Wildman–Crippen LogP) is 16.6. The molecule has 0 N–H and O–H groups in total. The molecule has 2 heteroatoms. The molecule has 0 saturated heterocycles. The highest BCUT2D eigenvalue weighted by atomic mass is 32.1. The van der Waals surface area contributed by atoms with Crippen LogP contribution in [0, 0.1) is 0 Å². The third-order valence-corrected chi connectivity index (χ3v) is 14.0. The Morgan fingerprint density at radius 3 is 1.80 bits per heavy atom. The van der Waals surface area contributed by atoms with Gasteiger partial charge in [0.15, 0.2) is 0 Å². The number of rotatable bonds is 5. The van der Waals surface area contributed by atoms with Gasteiger partial charge in [-0.25, -0.2) is 0 Å². The molecular weight excluding hydrogens is 731 g/mol. The molecule has 1 heterocycles. The molecule has 278 valence electrons. The molecule has 0 spiro atoms. The van der Waals surface area contributed by atoms with E-state index in [1.54, 1.807) is 0 Å². The van der Waals surface area contributed by atoms with Gasteiger partial charge < -0.3 is 4.90 Å². The van der Waals surface area contributed by atoms with Crippen LogP contribution in [-0.4, -0.2) is 0 Å². The Bertz CT molecular complexity index is 3470. The summed E-state index contributed by atoms with van der Waals surface area (Å²) in [4.78, 5) is 2.54. The van der Waals surface area contributed by atoms with E-state index in [4.69, 9.17) is 0 Å². The third-order valence-electron chi connectivity index (χ3n) is 12.8. The number of nitrogens with zero attached hydrogens (tertiary/aromatic N) is 1. The number of benzene rings is 10. The minimum absolute atomic E-state index is 0.174. The maximum Gasteiger partial charge on any atom is 0.0546 e. The van der Waals surface area contributed by atoms with Crippen molar-refractivity contribution in [1.82, 2.24) is 0 Å². The number of fused-ring (bicyclic) bond motifs is 9. The van der Waals surface area contributed by atoms with E-state index in [0.29, 0.717) is 0 Å². The molecule has 10 aromatic carbocycles. The highest BCUT2D eigenvalue weighted by Gasteiger charge is 2.38. The zero-order chi connectivity index (χ0) is 39.2. The second-order valence-corrected chi connectivity index (χ2v) is 17.6. The first-order chi connectivity index (χ1) is 29.0. The lowest BCUT2D eigenvalue weighted by Crippen LogP contribution is -2.16. The number of hydrogen-bond acceptors (Lipinski definition) is 2. The Morgan fingerprint density at radius 1 is 0.373 bits per heavy atom. The molecule has 1 aliphatic carbocycles. The quantitative estimate of drug-likeness (QED) is 0.169. The molecule has 0 saturated carbocycles. The summed E-state index contributed by atoms with van der Waals surface area (Å²) < 4.78 is 2.65. The molecule has 12 rings (SSSR count). The molecule has 0 amide bonds.